The third-order valence-corrected chi connectivity index (χ3v) is 6.39. The van der Waals surface area contributed by atoms with Crippen LogP contribution in [-0.4, -0.2) is 34.8 Å². The van der Waals surface area contributed by atoms with Gasteiger partial charge in [0.05, 0.1) is 5.69 Å². The lowest BCUT2D eigenvalue weighted by Crippen LogP contribution is -2.21. The van der Waals surface area contributed by atoms with Gasteiger partial charge in [-0.25, -0.2) is 13.8 Å². The maximum atomic E-state index is 13.4. The lowest BCUT2D eigenvalue weighted by Gasteiger charge is -2.16. The molecule has 1 aromatic carbocycles. The zero-order chi connectivity index (χ0) is 21.6. The Kier molecular flexibility index (Phi) is 5.18. The molecule has 4 atom stereocenters. The van der Waals surface area contributed by atoms with Gasteiger partial charge in [-0.15, -0.1) is 0 Å². The highest BCUT2D eigenvalue weighted by atomic mass is 19.3. The molecule has 0 saturated heterocycles. The fraction of sp³-hybridized carbons (Fsp3) is 0.435. The van der Waals surface area contributed by atoms with Gasteiger partial charge in [0, 0.05) is 31.9 Å². The first-order valence-corrected chi connectivity index (χ1v) is 10.1. The number of pyridine rings is 1. The predicted molar refractivity (Wildman–Crippen MR) is 106 cm³/mol. The Hall–Kier alpha value is -2.67. The van der Waals surface area contributed by atoms with Crippen LogP contribution >= 0.6 is 0 Å². The molecule has 1 heterocycles. The summed E-state index contributed by atoms with van der Waals surface area (Å²) >= 11 is 0. The Morgan fingerprint density at radius 2 is 1.90 bits per heavy atom. The smallest absolute Gasteiger partial charge is 0.269 e. The molecule has 0 aliphatic heterocycles. The molecule has 1 aromatic heterocycles. The summed E-state index contributed by atoms with van der Waals surface area (Å²) in [6.45, 7) is 1.86. The van der Waals surface area contributed by atoms with Crippen LogP contribution in [-0.2, 0) is 0 Å². The molecule has 2 fully saturated rings. The molecule has 2 aliphatic carbocycles. The lowest BCUT2D eigenvalue weighted by molar-refractivity contribution is -0.00848. The first-order valence-electron chi connectivity index (χ1n) is 10.1. The van der Waals surface area contributed by atoms with Gasteiger partial charge >= 0.3 is 0 Å². The van der Waals surface area contributed by atoms with Crippen LogP contribution in [0, 0.1) is 24.7 Å². The van der Waals surface area contributed by atoms with Crippen LogP contribution in [0.5, 0.6) is 0 Å². The number of nitrogens with zero attached hydrogens (tertiary/aromatic N) is 1. The quantitative estimate of drug-likeness (QED) is 0.707. The highest BCUT2D eigenvalue weighted by Crippen LogP contribution is 2.63. The van der Waals surface area contributed by atoms with Gasteiger partial charge in [-0.1, -0.05) is 24.3 Å². The van der Waals surface area contributed by atoms with E-state index >= 15 is 0 Å². The predicted octanol–water partition coefficient (Wildman–Crippen LogP) is 3.70. The van der Waals surface area contributed by atoms with Gasteiger partial charge in [0.2, 0.25) is 5.92 Å². The zero-order valence-corrected chi connectivity index (χ0v) is 16.9. The van der Waals surface area contributed by atoms with Crippen LogP contribution < -0.4 is 5.32 Å². The number of aryl methyl sites for hydroxylation is 1. The minimum atomic E-state index is -2.61. The van der Waals surface area contributed by atoms with Crippen molar-refractivity contribution in [3.63, 3.8) is 0 Å². The minimum absolute atomic E-state index is 0.0292. The topological polar surface area (TPSA) is 79.3 Å². The normalized spacial score (nSPS) is 24.8. The van der Waals surface area contributed by atoms with E-state index < -0.39 is 17.9 Å². The Morgan fingerprint density at radius 3 is 2.53 bits per heavy atom. The van der Waals surface area contributed by atoms with E-state index in [4.69, 9.17) is 0 Å². The van der Waals surface area contributed by atoms with Crippen LogP contribution in [0.4, 0.5) is 8.78 Å². The number of ketones is 1. The Balaban J connectivity index is 1.60. The van der Waals surface area contributed by atoms with Crippen LogP contribution in [0.1, 0.15) is 63.0 Å². The van der Waals surface area contributed by atoms with Crippen molar-refractivity contribution in [1.82, 2.24) is 10.3 Å². The second kappa shape index (κ2) is 7.54. The number of aromatic nitrogens is 1. The number of aliphatic hydroxyl groups is 1. The number of amides is 1. The van der Waals surface area contributed by atoms with E-state index in [1.54, 1.807) is 12.1 Å². The molecule has 2 saturated carbocycles. The maximum Gasteiger partial charge on any atom is 0.269 e. The maximum absolute atomic E-state index is 13.4. The number of hydrogen-bond donors (Lipinski definition) is 2. The Bertz CT molecular complexity index is 994. The largest absolute Gasteiger partial charge is 0.382 e. The molecule has 4 rings (SSSR count). The number of hydrogen-bond acceptors (Lipinski definition) is 4. The number of Topliss-reactive ketones (excluding diaryl/α,β-unsaturated/α-hetero) is 1. The van der Waals surface area contributed by atoms with E-state index in [-0.39, 0.29) is 59.8 Å². The number of carbonyl (C=O) groups excluding carboxylic acids is 2. The number of halogens is 2. The van der Waals surface area contributed by atoms with E-state index in [0.717, 1.165) is 5.56 Å². The minimum Gasteiger partial charge on any atom is -0.382 e. The zero-order valence-electron chi connectivity index (χ0n) is 16.9. The second-order valence-electron chi connectivity index (χ2n) is 8.39. The summed E-state index contributed by atoms with van der Waals surface area (Å²) in [5, 5.41) is 13.3. The highest BCUT2D eigenvalue weighted by Gasteiger charge is 2.62. The van der Waals surface area contributed by atoms with Crippen molar-refractivity contribution >= 4 is 11.7 Å². The summed E-state index contributed by atoms with van der Waals surface area (Å²) in [5.41, 5.74) is 2.00. The molecule has 2 unspecified atom stereocenters. The summed E-state index contributed by atoms with van der Waals surface area (Å²) in [6, 6.07) is 10.2. The molecule has 5 nitrogen and oxygen atoms in total. The van der Waals surface area contributed by atoms with Crippen LogP contribution in [0.2, 0.25) is 0 Å². The van der Waals surface area contributed by atoms with Gasteiger partial charge in [0.25, 0.3) is 5.91 Å². The van der Waals surface area contributed by atoms with Crippen molar-refractivity contribution in [2.75, 3.05) is 7.05 Å². The van der Waals surface area contributed by atoms with E-state index in [2.05, 4.69) is 10.3 Å². The summed E-state index contributed by atoms with van der Waals surface area (Å²) < 4.78 is 26.8. The molecule has 30 heavy (non-hydrogen) atoms. The number of fused-ring (bicyclic) bond motifs is 1. The summed E-state index contributed by atoms with van der Waals surface area (Å²) in [6.07, 6.45) is -1.22. The summed E-state index contributed by atoms with van der Waals surface area (Å²) in [4.78, 5) is 29.3. The third-order valence-electron chi connectivity index (χ3n) is 6.39. The molecule has 0 bridgehead atoms. The van der Waals surface area contributed by atoms with Crippen molar-refractivity contribution < 1.29 is 23.5 Å². The number of benzene rings is 1. The monoisotopic (exact) mass is 414 g/mol. The molecule has 2 N–H and O–H groups in total. The molecule has 0 spiro atoms. The van der Waals surface area contributed by atoms with Crippen LogP contribution in [0.15, 0.2) is 36.4 Å². The summed E-state index contributed by atoms with van der Waals surface area (Å²) in [5.74, 6) is -3.52. The first kappa shape index (κ1) is 20.6. The molecule has 0 radical (unpaired) electrons. The van der Waals surface area contributed by atoms with Gasteiger partial charge in [0.1, 0.15) is 11.8 Å². The van der Waals surface area contributed by atoms with Crippen molar-refractivity contribution in [3.8, 4) is 0 Å². The molecular weight excluding hydrogens is 390 g/mol. The van der Waals surface area contributed by atoms with E-state index in [1.165, 1.54) is 19.2 Å². The number of nitrogens with one attached hydrogen (secondary N) is 1. The fourth-order valence-electron chi connectivity index (χ4n) is 4.69. The standard InChI is InChI=1S/C23H24F2N2O3/c1-12-5-3-4-6-14(12)21(29)18-7-13(8-19(27-18)22(30)26-2)20(28)9-15-16-10-23(24,25)11-17(15)16/h3-8,15-17,21,29H,9-11H2,1-2H3,(H,26,30)/t15?,16-,17+,21?. The second-order valence-corrected chi connectivity index (χ2v) is 8.39. The SMILES string of the molecule is CNC(=O)c1cc(C(=O)CC2[C@H]3CC(F)(F)C[C@@H]23)cc(C(O)c2ccccc2C)n1. The highest BCUT2D eigenvalue weighted by molar-refractivity contribution is 6.00. The average Bonchev–Trinajstić information content (AvgIpc) is 3.19. The molecule has 158 valence electrons. The van der Waals surface area contributed by atoms with E-state index in [9.17, 15) is 23.5 Å². The summed E-state index contributed by atoms with van der Waals surface area (Å²) in [7, 11) is 1.46. The average molecular weight is 414 g/mol. The van der Waals surface area contributed by atoms with Gasteiger partial charge < -0.3 is 10.4 Å². The van der Waals surface area contributed by atoms with Crippen molar-refractivity contribution in [2.24, 2.45) is 17.8 Å². The lowest BCUT2D eigenvalue weighted by atomic mass is 9.96. The van der Waals surface area contributed by atoms with Gasteiger partial charge in [0.15, 0.2) is 5.78 Å². The molecule has 2 aliphatic rings. The Morgan fingerprint density at radius 1 is 1.23 bits per heavy atom. The number of carbonyl (C=O) groups is 2. The van der Waals surface area contributed by atoms with Gasteiger partial charge in [-0.05, 0) is 47.9 Å². The van der Waals surface area contributed by atoms with Crippen LogP contribution in [0.3, 0.4) is 0 Å². The number of aliphatic hydroxyl groups excluding tert-OH is 1. The van der Waals surface area contributed by atoms with Gasteiger partial charge in [-0.3, -0.25) is 9.59 Å². The van der Waals surface area contributed by atoms with Gasteiger partial charge in [-0.2, -0.15) is 0 Å². The molecule has 1 amide bonds. The number of rotatable bonds is 6. The third kappa shape index (κ3) is 3.86. The molecule has 2 aromatic rings. The van der Waals surface area contributed by atoms with E-state index in [0.29, 0.717) is 5.56 Å². The van der Waals surface area contributed by atoms with Crippen molar-refractivity contribution in [2.45, 2.75) is 38.2 Å². The molecular formula is C23H24F2N2O3. The van der Waals surface area contributed by atoms with Crippen molar-refractivity contribution in [1.29, 1.82) is 0 Å². The first-order chi connectivity index (χ1) is 14.2. The Labute approximate surface area is 173 Å². The molecule has 7 heteroatoms. The van der Waals surface area contributed by atoms with E-state index in [1.807, 2.05) is 19.1 Å². The van der Waals surface area contributed by atoms with Crippen molar-refractivity contribution in [3.05, 3.63) is 64.5 Å². The fourth-order valence-corrected chi connectivity index (χ4v) is 4.69. The van der Waals surface area contributed by atoms with Crippen LogP contribution in [0.25, 0.3) is 0 Å². The number of alkyl halides is 2.